The Bertz CT molecular complexity index is 839. The maximum absolute atomic E-state index is 12.2. The maximum Gasteiger partial charge on any atom is 0.253 e. The molecule has 5 nitrogen and oxygen atoms in total. The van der Waals surface area contributed by atoms with Crippen LogP contribution in [-0.2, 0) is 12.8 Å². The Balaban J connectivity index is 1.45. The van der Waals surface area contributed by atoms with Crippen LogP contribution in [-0.4, -0.2) is 62.4 Å². The summed E-state index contributed by atoms with van der Waals surface area (Å²) in [4.78, 5) is 20.6. The van der Waals surface area contributed by atoms with E-state index in [0.717, 1.165) is 49.1 Å². The molecule has 160 valence electrons. The highest BCUT2D eigenvalue weighted by atomic mass is 16.2. The van der Waals surface area contributed by atoms with Gasteiger partial charge in [-0.25, -0.2) is 0 Å². The van der Waals surface area contributed by atoms with E-state index in [4.69, 9.17) is 0 Å². The molecule has 0 atom stereocenters. The Kier molecular flexibility index (Phi) is 7.89. The number of nitrogens with zero attached hydrogens (tertiary/aromatic N) is 3. The van der Waals surface area contributed by atoms with Crippen molar-refractivity contribution in [3.8, 4) is 0 Å². The molecule has 1 saturated heterocycles. The molecule has 0 spiro atoms. The van der Waals surface area contributed by atoms with Gasteiger partial charge in [0, 0.05) is 46.3 Å². The van der Waals surface area contributed by atoms with Crippen molar-refractivity contribution in [2.75, 3.05) is 40.8 Å². The summed E-state index contributed by atoms with van der Waals surface area (Å²) in [6.45, 7) is 2.89. The summed E-state index contributed by atoms with van der Waals surface area (Å²) >= 11 is 0. The lowest BCUT2D eigenvalue weighted by Crippen LogP contribution is -2.46. The van der Waals surface area contributed by atoms with Crippen molar-refractivity contribution >= 4 is 11.9 Å². The number of benzene rings is 2. The zero-order valence-corrected chi connectivity index (χ0v) is 18.5. The second-order valence-corrected chi connectivity index (χ2v) is 8.24. The van der Waals surface area contributed by atoms with Crippen molar-refractivity contribution in [2.24, 2.45) is 10.9 Å². The van der Waals surface area contributed by atoms with Crippen LogP contribution in [0.5, 0.6) is 0 Å². The van der Waals surface area contributed by atoms with E-state index in [2.05, 4.69) is 51.6 Å². The Morgan fingerprint density at radius 2 is 1.77 bits per heavy atom. The minimum absolute atomic E-state index is 0.0407. The van der Waals surface area contributed by atoms with Crippen LogP contribution in [0.15, 0.2) is 59.6 Å². The Morgan fingerprint density at radius 1 is 1.07 bits per heavy atom. The summed E-state index contributed by atoms with van der Waals surface area (Å²) in [5.74, 6) is 1.77. The summed E-state index contributed by atoms with van der Waals surface area (Å²) < 4.78 is 0. The predicted molar refractivity (Wildman–Crippen MR) is 124 cm³/mol. The minimum atomic E-state index is 0.0407. The number of amides is 1. The largest absolute Gasteiger partial charge is 0.356 e. The first-order valence-electron chi connectivity index (χ1n) is 10.9. The molecular formula is C25H34N4O. The Labute approximate surface area is 180 Å². The van der Waals surface area contributed by atoms with Gasteiger partial charge in [0.05, 0.1) is 0 Å². The van der Waals surface area contributed by atoms with Gasteiger partial charge in [0.15, 0.2) is 5.96 Å². The number of nitrogens with one attached hydrogen (secondary N) is 1. The number of guanidine groups is 1. The van der Waals surface area contributed by atoms with E-state index in [1.165, 1.54) is 24.8 Å². The van der Waals surface area contributed by atoms with Gasteiger partial charge in [-0.1, -0.05) is 42.5 Å². The predicted octanol–water partition coefficient (Wildman–Crippen LogP) is 3.46. The van der Waals surface area contributed by atoms with Gasteiger partial charge in [-0.05, 0) is 54.9 Å². The normalized spacial score (nSPS) is 15.2. The molecule has 2 aromatic rings. The van der Waals surface area contributed by atoms with Crippen LogP contribution in [0.1, 0.15) is 34.3 Å². The lowest BCUT2D eigenvalue weighted by Gasteiger charge is -2.34. The lowest BCUT2D eigenvalue weighted by molar-refractivity contribution is 0.0827. The molecule has 3 rings (SSSR count). The maximum atomic E-state index is 12.2. The Morgan fingerprint density at radius 3 is 2.43 bits per heavy atom. The summed E-state index contributed by atoms with van der Waals surface area (Å²) in [7, 11) is 5.42. The fraction of sp³-hybridized carbons (Fsp3) is 0.440. The quantitative estimate of drug-likeness (QED) is 0.590. The smallest absolute Gasteiger partial charge is 0.253 e. The van der Waals surface area contributed by atoms with Crippen LogP contribution in [0.25, 0.3) is 0 Å². The van der Waals surface area contributed by atoms with Crippen LogP contribution < -0.4 is 5.32 Å². The fourth-order valence-electron chi connectivity index (χ4n) is 4.07. The fourth-order valence-corrected chi connectivity index (χ4v) is 4.07. The second kappa shape index (κ2) is 10.8. The van der Waals surface area contributed by atoms with Crippen LogP contribution in [0, 0.1) is 5.92 Å². The monoisotopic (exact) mass is 406 g/mol. The number of hydrogen-bond acceptors (Lipinski definition) is 2. The first-order valence-corrected chi connectivity index (χ1v) is 10.9. The highest BCUT2D eigenvalue weighted by molar-refractivity contribution is 5.94. The molecule has 1 aliphatic rings. The van der Waals surface area contributed by atoms with E-state index in [-0.39, 0.29) is 5.91 Å². The average Bonchev–Trinajstić information content (AvgIpc) is 2.78. The summed E-state index contributed by atoms with van der Waals surface area (Å²) in [5.41, 5.74) is 3.34. The number of aliphatic imine (C=N–C) groups is 1. The van der Waals surface area contributed by atoms with Gasteiger partial charge in [0.25, 0.3) is 5.91 Å². The number of carbonyl (C=O) groups is 1. The molecule has 1 fully saturated rings. The van der Waals surface area contributed by atoms with Gasteiger partial charge < -0.3 is 15.1 Å². The Hall–Kier alpha value is -2.82. The van der Waals surface area contributed by atoms with Crippen LogP contribution >= 0.6 is 0 Å². The van der Waals surface area contributed by atoms with E-state index >= 15 is 0 Å². The highest BCUT2D eigenvalue weighted by Gasteiger charge is 2.21. The van der Waals surface area contributed by atoms with E-state index in [9.17, 15) is 4.79 Å². The van der Waals surface area contributed by atoms with E-state index in [1.807, 2.05) is 25.2 Å². The van der Waals surface area contributed by atoms with Crippen molar-refractivity contribution in [3.63, 3.8) is 0 Å². The summed E-state index contributed by atoms with van der Waals surface area (Å²) in [6, 6.07) is 18.7. The lowest BCUT2D eigenvalue weighted by atomic mass is 9.90. The molecule has 1 aliphatic heterocycles. The zero-order valence-electron chi connectivity index (χ0n) is 18.5. The third-order valence-electron chi connectivity index (χ3n) is 5.77. The molecule has 1 heterocycles. The van der Waals surface area contributed by atoms with Crippen molar-refractivity contribution in [3.05, 3.63) is 71.3 Å². The molecule has 2 aromatic carbocycles. The minimum Gasteiger partial charge on any atom is -0.356 e. The SMILES string of the molecule is CN=C(NCCc1cccc(C(=O)N(C)C)c1)N1CCC(Cc2ccccc2)CC1. The molecule has 30 heavy (non-hydrogen) atoms. The number of carbonyl (C=O) groups excluding carboxylic acids is 1. The van der Waals surface area contributed by atoms with Crippen LogP contribution in [0.2, 0.25) is 0 Å². The van der Waals surface area contributed by atoms with E-state index < -0.39 is 0 Å². The topological polar surface area (TPSA) is 47.9 Å². The standard InChI is InChI=1S/C25H34N4O/c1-26-25(27-15-12-21-10-7-11-23(19-21)24(30)28(2)3)29-16-13-22(14-17-29)18-20-8-5-4-6-9-20/h4-11,19,22H,12-18H2,1-3H3,(H,26,27). The van der Waals surface area contributed by atoms with E-state index in [1.54, 1.807) is 19.0 Å². The van der Waals surface area contributed by atoms with Gasteiger partial charge in [-0.2, -0.15) is 0 Å². The van der Waals surface area contributed by atoms with Crippen molar-refractivity contribution in [2.45, 2.75) is 25.7 Å². The second-order valence-electron chi connectivity index (χ2n) is 8.24. The van der Waals surface area contributed by atoms with Crippen molar-refractivity contribution in [1.82, 2.24) is 15.1 Å². The van der Waals surface area contributed by atoms with Crippen LogP contribution in [0.4, 0.5) is 0 Å². The number of likely N-dealkylation sites (tertiary alicyclic amines) is 1. The molecule has 0 saturated carbocycles. The molecule has 5 heteroatoms. The molecule has 1 amide bonds. The zero-order chi connectivity index (χ0) is 21.3. The van der Waals surface area contributed by atoms with Gasteiger partial charge in [-0.3, -0.25) is 9.79 Å². The molecule has 1 N–H and O–H groups in total. The summed E-state index contributed by atoms with van der Waals surface area (Å²) in [5, 5.41) is 3.50. The number of rotatable bonds is 6. The van der Waals surface area contributed by atoms with Gasteiger partial charge in [-0.15, -0.1) is 0 Å². The molecule has 0 aliphatic carbocycles. The number of piperidine rings is 1. The third-order valence-corrected chi connectivity index (χ3v) is 5.77. The molecule has 0 radical (unpaired) electrons. The van der Waals surface area contributed by atoms with Gasteiger partial charge in [0.2, 0.25) is 0 Å². The average molecular weight is 407 g/mol. The highest BCUT2D eigenvalue weighted by Crippen LogP contribution is 2.21. The summed E-state index contributed by atoms with van der Waals surface area (Å²) in [6.07, 6.45) is 4.43. The van der Waals surface area contributed by atoms with E-state index in [0.29, 0.717) is 0 Å². The molecule has 0 unspecified atom stereocenters. The third kappa shape index (κ3) is 6.09. The number of hydrogen-bond donors (Lipinski definition) is 1. The van der Waals surface area contributed by atoms with Crippen molar-refractivity contribution < 1.29 is 4.79 Å². The molecular weight excluding hydrogens is 372 g/mol. The molecule has 0 bridgehead atoms. The van der Waals surface area contributed by atoms with Gasteiger partial charge >= 0.3 is 0 Å². The first-order chi connectivity index (χ1) is 14.6. The van der Waals surface area contributed by atoms with Crippen molar-refractivity contribution in [1.29, 1.82) is 0 Å². The molecule has 0 aromatic heterocycles. The first kappa shape index (κ1) is 21.9. The van der Waals surface area contributed by atoms with Crippen LogP contribution in [0.3, 0.4) is 0 Å². The van der Waals surface area contributed by atoms with Gasteiger partial charge in [0.1, 0.15) is 0 Å².